The molecule has 0 aliphatic rings. The molecule has 0 saturated carbocycles. The van der Waals surface area contributed by atoms with Crippen molar-refractivity contribution in [1.82, 2.24) is 4.98 Å². The third-order valence-electron chi connectivity index (χ3n) is 6.77. The summed E-state index contributed by atoms with van der Waals surface area (Å²) in [5, 5.41) is 12.1. The van der Waals surface area contributed by atoms with Gasteiger partial charge in [-0.05, 0) is 28.8 Å². The average Bonchev–Trinajstić information content (AvgIpc) is 2.81. The summed E-state index contributed by atoms with van der Waals surface area (Å²) >= 11 is 0. The number of rotatable bonds is 4. The number of allylic oxidation sites excluding steroid dienone is 2. The van der Waals surface area contributed by atoms with E-state index in [1.165, 1.54) is 33.7 Å². The van der Waals surface area contributed by atoms with E-state index in [1.54, 1.807) is 0 Å². The molecule has 1 atom stereocenters. The molecular formula is C35H48IrNO2-. The average molecular weight is 707 g/mol. The van der Waals surface area contributed by atoms with Crippen LogP contribution in [0.25, 0.3) is 22.0 Å². The Morgan fingerprint density at radius 1 is 0.974 bits per heavy atom. The topological polar surface area (TPSA) is 50.2 Å². The Labute approximate surface area is 250 Å². The van der Waals surface area contributed by atoms with Crippen LogP contribution in [0, 0.1) is 23.8 Å². The summed E-state index contributed by atoms with van der Waals surface area (Å²) < 4.78 is 0. The van der Waals surface area contributed by atoms with Crippen molar-refractivity contribution in [3.8, 4) is 11.3 Å². The second-order valence-corrected chi connectivity index (χ2v) is 13.5. The molecule has 0 spiro atoms. The summed E-state index contributed by atoms with van der Waals surface area (Å²) in [6.07, 6.45) is 2.42. The first kappa shape index (κ1) is 34.7. The molecule has 39 heavy (non-hydrogen) atoms. The molecule has 0 aliphatic carbocycles. The molecule has 1 aromatic heterocycles. The molecule has 3 aromatic rings. The number of aliphatic hydroxyl groups is 1. The zero-order valence-corrected chi connectivity index (χ0v) is 28.4. The number of hydrogen-bond donors (Lipinski definition) is 1. The summed E-state index contributed by atoms with van der Waals surface area (Å²) in [4.78, 5) is 16.6. The predicted molar refractivity (Wildman–Crippen MR) is 163 cm³/mol. The molecule has 0 saturated heterocycles. The second kappa shape index (κ2) is 13.4. The number of carbonyl (C=O) groups is 1. The van der Waals surface area contributed by atoms with Gasteiger partial charge in [-0.3, -0.25) is 4.79 Å². The number of carbonyl (C=O) groups excluding carboxylic acids is 1. The Kier molecular flexibility index (Phi) is 11.9. The van der Waals surface area contributed by atoms with Gasteiger partial charge in [0.2, 0.25) is 0 Å². The van der Waals surface area contributed by atoms with Gasteiger partial charge in [-0.25, -0.2) is 0 Å². The molecule has 2 aromatic carbocycles. The summed E-state index contributed by atoms with van der Waals surface area (Å²) in [5.74, 6) is 0.545. The van der Waals surface area contributed by atoms with Crippen LogP contribution in [0.4, 0.5) is 0 Å². The Bertz CT molecular complexity index is 1300. The minimum Gasteiger partial charge on any atom is -0.512 e. The van der Waals surface area contributed by atoms with E-state index in [1.807, 2.05) is 41.5 Å². The molecule has 0 bridgehead atoms. The molecule has 1 N–H and O–H groups in total. The minimum absolute atomic E-state index is 0. The molecule has 0 aliphatic heterocycles. The van der Waals surface area contributed by atoms with Crippen LogP contribution in [0.5, 0.6) is 0 Å². The first-order chi connectivity index (χ1) is 17.3. The number of aromatic nitrogens is 1. The first-order valence-corrected chi connectivity index (χ1v) is 13.7. The summed E-state index contributed by atoms with van der Waals surface area (Å²) in [5.41, 5.74) is 5.18. The van der Waals surface area contributed by atoms with Crippen molar-refractivity contribution in [2.75, 3.05) is 0 Å². The van der Waals surface area contributed by atoms with E-state index in [2.05, 4.69) is 90.1 Å². The van der Waals surface area contributed by atoms with Crippen molar-refractivity contribution in [2.24, 2.45) is 10.8 Å². The van der Waals surface area contributed by atoms with Crippen molar-refractivity contribution in [2.45, 2.75) is 101 Å². The summed E-state index contributed by atoms with van der Waals surface area (Å²) in [6, 6.07) is 18.8. The van der Waals surface area contributed by atoms with E-state index in [9.17, 15) is 9.90 Å². The van der Waals surface area contributed by atoms with Gasteiger partial charge in [0.15, 0.2) is 5.78 Å². The van der Waals surface area contributed by atoms with E-state index in [0.29, 0.717) is 5.92 Å². The van der Waals surface area contributed by atoms with Crippen LogP contribution in [-0.4, -0.2) is 15.9 Å². The zero-order valence-electron chi connectivity index (χ0n) is 26.0. The Hall–Kier alpha value is -2.29. The molecule has 1 unspecified atom stereocenters. The van der Waals surface area contributed by atoms with Crippen molar-refractivity contribution in [3.63, 3.8) is 0 Å². The van der Waals surface area contributed by atoms with Crippen LogP contribution >= 0.6 is 0 Å². The molecule has 1 radical (unpaired) electrons. The van der Waals surface area contributed by atoms with Gasteiger partial charge < -0.3 is 10.1 Å². The molecule has 1 heterocycles. The van der Waals surface area contributed by atoms with Gasteiger partial charge in [-0.15, -0.1) is 34.9 Å². The largest absolute Gasteiger partial charge is 0.512 e. The van der Waals surface area contributed by atoms with E-state index in [0.717, 1.165) is 17.7 Å². The molecule has 3 nitrogen and oxygen atoms in total. The van der Waals surface area contributed by atoms with E-state index >= 15 is 0 Å². The second-order valence-electron chi connectivity index (χ2n) is 13.5. The number of ketones is 1. The zero-order chi connectivity index (χ0) is 29.1. The molecule has 4 heteroatoms. The number of hydrogen-bond acceptors (Lipinski definition) is 3. The summed E-state index contributed by atoms with van der Waals surface area (Å²) in [7, 11) is 0. The van der Waals surface area contributed by atoms with Gasteiger partial charge in [0, 0.05) is 48.1 Å². The predicted octanol–water partition coefficient (Wildman–Crippen LogP) is 9.91. The number of aliphatic hydroxyl groups excluding tert-OH is 1. The van der Waals surface area contributed by atoms with Crippen LogP contribution in [0.3, 0.4) is 0 Å². The third kappa shape index (κ3) is 9.69. The Morgan fingerprint density at radius 2 is 1.56 bits per heavy atom. The van der Waals surface area contributed by atoms with Crippen molar-refractivity contribution in [3.05, 3.63) is 77.2 Å². The van der Waals surface area contributed by atoms with Crippen molar-refractivity contribution in [1.29, 1.82) is 0 Å². The van der Waals surface area contributed by atoms with Crippen LogP contribution in [0.15, 0.2) is 54.3 Å². The quantitative estimate of drug-likeness (QED) is 0.167. The van der Waals surface area contributed by atoms with Gasteiger partial charge in [0.1, 0.15) is 5.76 Å². The SMILES string of the molecule is CC(C)(C)C(=O)/C=C(\O)C(C)(C)C.CCC(C)c1nc(-c2[c-]c(C)cc(C(C)(C)C)c2)cc2ccccc12.[Ir]. The molecule has 3 rings (SSSR count). The smallest absolute Gasteiger partial charge is 0.164 e. The van der Waals surface area contributed by atoms with Crippen LogP contribution < -0.4 is 0 Å². The molecule has 0 amide bonds. The fourth-order valence-corrected chi connectivity index (χ4v) is 3.78. The standard InChI is InChI=1S/C24H28N.C11H20O2.Ir/c1-7-17(3)23-21-11-9-8-10-18(21)15-22(25-23)19-12-16(2)13-20(14-19)24(4,5)6;1-10(2,3)8(12)7-9(13)11(4,5)6;/h8-11,13-15,17H,7H2,1-6H3;7,12H,1-6H3;/q-1;;/b;8-7-;. The van der Waals surface area contributed by atoms with Crippen LogP contribution in [-0.2, 0) is 30.3 Å². The van der Waals surface area contributed by atoms with Gasteiger partial charge in [0.25, 0.3) is 0 Å². The van der Waals surface area contributed by atoms with Crippen molar-refractivity contribution < 1.29 is 30.0 Å². The number of aryl methyl sites for hydroxylation is 1. The van der Waals surface area contributed by atoms with E-state index < -0.39 is 5.41 Å². The fourth-order valence-electron chi connectivity index (χ4n) is 3.78. The van der Waals surface area contributed by atoms with Gasteiger partial charge in [0.05, 0.1) is 0 Å². The Morgan fingerprint density at radius 3 is 2.08 bits per heavy atom. The van der Waals surface area contributed by atoms with E-state index in [-0.39, 0.29) is 42.5 Å². The Balaban J connectivity index is 0.000000466. The van der Waals surface area contributed by atoms with E-state index in [4.69, 9.17) is 4.98 Å². The molecule has 0 fully saturated rings. The maximum Gasteiger partial charge on any atom is 0.164 e. The third-order valence-corrected chi connectivity index (χ3v) is 6.77. The molecular weight excluding hydrogens is 659 g/mol. The number of fused-ring (bicyclic) bond motifs is 1. The maximum absolute atomic E-state index is 11.5. The van der Waals surface area contributed by atoms with Gasteiger partial charge >= 0.3 is 0 Å². The van der Waals surface area contributed by atoms with Crippen LogP contribution in [0.1, 0.15) is 105 Å². The minimum atomic E-state index is -0.417. The molecule has 215 valence electrons. The fraction of sp³-hybridized carbons (Fsp3) is 0.486. The number of nitrogens with zero attached hydrogens (tertiary/aromatic N) is 1. The normalized spacial score (nSPS) is 13.3. The van der Waals surface area contributed by atoms with Crippen LogP contribution in [0.2, 0.25) is 0 Å². The summed E-state index contributed by atoms with van der Waals surface area (Å²) in [6.45, 7) is 24.5. The van der Waals surface area contributed by atoms with Crippen molar-refractivity contribution >= 4 is 16.6 Å². The number of benzene rings is 2. The first-order valence-electron chi connectivity index (χ1n) is 13.7. The monoisotopic (exact) mass is 707 g/mol. The number of pyridine rings is 1. The van der Waals surface area contributed by atoms with Gasteiger partial charge in [-0.2, -0.15) is 0 Å². The van der Waals surface area contributed by atoms with Gasteiger partial charge in [-0.1, -0.05) is 113 Å². The maximum atomic E-state index is 11.5.